The Labute approximate surface area is 218 Å². The Kier molecular flexibility index (Phi) is 8.04. The number of carbonyl (C=O) groups excluding carboxylic acids is 2. The number of ether oxygens (including phenoxy) is 1. The van der Waals surface area contributed by atoms with Gasteiger partial charge in [-0.25, -0.2) is 0 Å². The van der Waals surface area contributed by atoms with Gasteiger partial charge in [0.15, 0.2) is 0 Å². The minimum absolute atomic E-state index is 0.185. The molecule has 4 rings (SSSR count). The fourth-order valence-electron chi connectivity index (χ4n) is 5.26. The van der Waals surface area contributed by atoms with Crippen molar-refractivity contribution in [3.8, 4) is 5.75 Å². The topological polar surface area (TPSA) is 78.9 Å². The molecule has 2 aromatic carbocycles. The number of rotatable bonds is 8. The van der Waals surface area contributed by atoms with E-state index in [1.807, 2.05) is 0 Å². The number of nitrogens with one attached hydrogen (secondary N) is 1. The van der Waals surface area contributed by atoms with Gasteiger partial charge >= 0.3 is 6.18 Å². The number of aliphatic hydroxyl groups is 1. The Balaban J connectivity index is 1.26. The summed E-state index contributed by atoms with van der Waals surface area (Å²) in [6.45, 7) is 0.860. The second kappa shape index (κ2) is 10.9. The molecule has 1 saturated heterocycles. The maximum absolute atomic E-state index is 13.9. The van der Waals surface area contributed by atoms with Crippen LogP contribution in [-0.2, 0) is 10.4 Å². The molecule has 1 heterocycles. The van der Waals surface area contributed by atoms with Gasteiger partial charge in [-0.1, -0.05) is 41.9 Å². The van der Waals surface area contributed by atoms with E-state index in [0.29, 0.717) is 53.5 Å². The summed E-state index contributed by atoms with van der Waals surface area (Å²) in [5.41, 5.74) is -3.65. The highest BCUT2D eigenvalue weighted by Crippen LogP contribution is 2.50. The van der Waals surface area contributed by atoms with Crippen molar-refractivity contribution in [2.24, 2.45) is 17.8 Å². The van der Waals surface area contributed by atoms with Crippen LogP contribution in [0.2, 0.25) is 5.02 Å². The number of piperidine rings is 1. The number of benzene rings is 2. The van der Waals surface area contributed by atoms with Crippen LogP contribution in [0.15, 0.2) is 48.5 Å². The van der Waals surface area contributed by atoms with Gasteiger partial charge in [0.1, 0.15) is 5.75 Å². The largest absolute Gasteiger partial charge is 0.494 e. The maximum Gasteiger partial charge on any atom is 0.430 e. The molecule has 1 saturated carbocycles. The highest BCUT2D eigenvalue weighted by Gasteiger charge is 2.62. The zero-order chi connectivity index (χ0) is 26.8. The second-order valence-electron chi connectivity index (χ2n) is 9.72. The highest BCUT2D eigenvalue weighted by atomic mass is 35.5. The second-order valence-corrected chi connectivity index (χ2v) is 10.1. The van der Waals surface area contributed by atoms with Crippen LogP contribution in [0.3, 0.4) is 0 Å². The Bertz CT molecular complexity index is 1120. The van der Waals surface area contributed by atoms with Crippen LogP contribution in [0.4, 0.5) is 13.2 Å². The molecule has 0 aromatic heterocycles. The third kappa shape index (κ3) is 5.72. The molecule has 10 heteroatoms. The number of halogens is 4. The highest BCUT2D eigenvalue weighted by molar-refractivity contribution is 6.34. The number of likely N-dealkylation sites (tertiary alicyclic amines) is 1. The molecule has 0 spiro atoms. The smallest absolute Gasteiger partial charge is 0.430 e. The van der Waals surface area contributed by atoms with Gasteiger partial charge in [-0.2, -0.15) is 13.2 Å². The first-order valence-corrected chi connectivity index (χ1v) is 12.7. The first-order chi connectivity index (χ1) is 17.6. The molecule has 1 aliphatic carbocycles. The van der Waals surface area contributed by atoms with Crippen molar-refractivity contribution in [1.82, 2.24) is 10.2 Å². The molecule has 1 unspecified atom stereocenters. The van der Waals surface area contributed by atoms with Gasteiger partial charge in [0.05, 0.1) is 17.2 Å². The molecule has 0 bridgehead atoms. The number of carbonyl (C=O) groups is 2. The number of alkyl halides is 3. The van der Waals surface area contributed by atoms with Gasteiger partial charge in [0, 0.05) is 25.7 Å². The molecule has 2 amide bonds. The molecule has 200 valence electrons. The summed E-state index contributed by atoms with van der Waals surface area (Å²) in [5, 5.41) is 13.4. The van der Waals surface area contributed by atoms with Crippen LogP contribution in [0.1, 0.15) is 41.6 Å². The van der Waals surface area contributed by atoms with Crippen molar-refractivity contribution in [3.05, 3.63) is 64.7 Å². The van der Waals surface area contributed by atoms with Crippen molar-refractivity contribution in [1.29, 1.82) is 0 Å². The first kappa shape index (κ1) is 27.3. The predicted octanol–water partition coefficient (Wildman–Crippen LogP) is 4.79. The van der Waals surface area contributed by atoms with E-state index < -0.39 is 23.2 Å². The average molecular weight is 539 g/mol. The summed E-state index contributed by atoms with van der Waals surface area (Å²) < 4.78 is 47.4. The minimum Gasteiger partial charge on any atom is -0.494 e. The lowest BCUT2D eigenvalue weighted by molar-refractivity contribution is -0.262. The first-order valence-electron chi connectivity index (χ1n) is 12.3. The van der Waals surface area contributed by atoms with Crippen molar-refractivity contribution in [2.45, 2.75) is 37.5 Å². The van der Waals surface area contributed by atoms with Crippen LogP contribution >= 0.6 is 11.6 Å². The standard InChI is InChI=1S/C27H30ClF3N2O4/c1-32-24(34)21-8-7-20(16-23(21)28)37-14-11-18-15-22(18)17-9-12-33(13-10-17)25(35)26(36,27(29,30)31)19-5-3-2-4-6-19/h2-8,16-18,22,36H,9-15H2,1H3,(H,32,34)/t18?,22-,26-/m1/s1. The summed E-state index contributed by atoms with van der Waals surface area (Å²) >= 11 is 6.16. The van der Waals surface area contributed by atoms with Crippen LogP contribution < -0.4 is 10.1 Å². The molecule has 3 atom stereocenters. The number of hydrogen-bond acceptors (Lipinski definition) is 4. The van der Waals surface area contributed by atoms with E-state index in [4.69, 9.17) is 16.3 Å². The Morgan fingerprint density at radius 2 is 1.81 bits per heavy atom. The monoisotopic (exact) mass is 538 g/mol. The lowest BCUT2D eigenvalue weighted by Gasteiger charge is -2.38. The molecular weight excluding hydrogens is 509 g/mol. The molecule has 2 aromatic rings. The molecule has 1 aliphatic heterocycles. The van der Waals surface area contributed by atoms with Gasteiger partial charge in [0.2, 0.25) is 0 Å². The van der Waals surface area contributed by atoms with E-state index in [-0.39, 0.29) is 19.0 Å². The van der Waals surface area contributed by atoms with Crippen LogP contribution in [0.5, 0.6) is 5.75 Å². The molecule has 0 radical (unpaired) electrons. The van der Waals surface area contributed by atoms with Crippen LogP contribution in [0, 0.1) is 17.8 Å². The quantitative estimate of drug-likeness (QED) is 0.506. The summed E-state index contributed by atoms with van der Waals surface area (Å²) in [7, 11) is 1.53. The molecule has 2 N–H and O–H groups in total. The van der Waals surface area contributed by atoms with Crippen LogP contribution in [0.25, 0.3) is 0 Å². The third-order valence-electron chi connectivity index (χ3n) is 7.49. The summed E-state index contributed by atoms with van der Waals surface area (Å²) in [4.78, 5) is 25.8. The SMILES string of the molecule is CNC(=O)c1ccc(OCCC2C[C@@H]2C2CCN(C(=O)[C@](O)(c3ccccc3)C(F)(F)F)CC2)cc1Cl. The van der Waals surface area contributed by atoms with Crippen molar-refractivity contribution in [2.75, 3.05) is 26.7 Å². The Morgan fingerprint density at radius 1 is 1.14 bits per heavy atom. The minimum atomic E-state index is -5.13. The van der Waals surface area contributed by atoms with E-state index in [1.54, 1.807) is 18.2 Å². The van der Waals surface area contributed by atoms with Crippen molar-refractivity contribution < 1.29 is 32.6 Å². The molecule has 2 aliphatic rings. The van der Waals surface area contributed by atoms with E-state index in [1.165, 1.54) is 25.2 Å². The zero-order valence-electron chi connectivity index (χ0n) is 20.4. The third-order valence-corrected chi connectivity index (χ3v) is 7.80. The van der Waals surface area contributed by atoms with Gasteiger partial charge in [-0.05, 0) is 61.6 Å². The molecule has 6 nitrogen and oxygen atoms in total. The van der Waals surface area contributed by atoms with Crippen molar-refractivity contribution >= 4 is 23.4 Å². The Morgan fingerprint density at radius 3 is 2.41 bits per heavy atom. The fraction of sp³-hybridized carbons (Fsp3) is 0.481. The summed E-state index contributed by atoms with van der Waals surface area (Å²) in [5.74, 6) is 0.239. The summed E-state index contributed by atoms with van der Waals surface area (Å²) in [6.07, 6.45) is -2.06. The lowest BCUT2D eigenvalue weighted by Crippen LogP contribution is -2.57. The number of nitrogens with zero attached hydrogens (tertiary/aromatic N) is 1. The van der Waals surface area contributed by atoms with Gasteiger partial charge in [0.25, 0.3) is 17.4 Å². The van der Waals surface area contributed by atoms with Gasteiger partial charge < -0.3 is 20.1 Å². The average Bonchev–Trinajstić information content (AvgIpc) is 3.67. The van der Waals surface area contributed by atoms with Crippen molar-refractivity contribution in [3.63, 3.8) is 0 Å². The summed E-state index contributed by atoms with van der Waals surface area (Å²) in [6, 6.07) is 11.5. The fourth-order valence-corrected chi connectivity index (χ4v) is 5.52. The van der Waals surface area contributed by atoms with Gasteiger partial charge in [-0.3, -0.25) is 9.59 Å². The van der Waals surface area contributed by atoms with E-state index in [9.17, 15) is 27.9 Å². The Hall–Kier alpha value is -2.78. The normalized spacial score (nSPS) is 21.7. The lowest BCUT2D eigenvalue weighted by atomic mass is 9.87. The predicted molar refractivity (Wildman–Crippen MR) is 132 cm³/mol. The zero-order valence-corrected chi connectivity index (χ0v) is 21.2. The van der Waals surface area contributed by atoms with E-state index in [2.05, 4.69) is 5.32 Å². The molecular formula is C27H30ClF3N2O4. The molecule has 37 heavy (non-hydrogen) atoms. The number of amides is 2. The van der Waals surface area contributed by atoms with Gasteiger partial charge in [-0.15, -0.1) is 0 Å². The molecule has 2 fully saturated rings. The maximum atomic E-state index is 13.9. The van der Waals surface area contributed by atoms with E-state index >= 15 is 0 Å². The van der Waals surface area contributed by atoms with E-state index in [0.717, 1.165) is 29.9 Å². The number of hydrogen-bond donors (Lipinski definition) is 2. The van der Waals surface area contributed by atoms with Crippen LogP contribution in [-0.4, -0.2) is 54.7 Å².